The van der Waals surface area contributed by atoms with Crippen LogP contribution in [0, 0.1) is 0 Å². The maximum absolute atomic E-state index is 12.5. The molecule has 0 radical (unpaired) electrons. The minimum absolute atomic E-state index is 0.0402. The van der Waals surface area contributed by atoms with Crippen molar-refractivity contribution < 1.29 is 19.2 Å². The quantitative estimate of drug-likeness (QED) is 0.660. The second kappa shape index (κ2) is 9.94. The van der Waals surface area contributed by atoms with Crippen molar-refractivity contribution in [2.45, 2.75) is 6.54 Å². The van der Waals surface area contributed by atoms with Crippen LogP contribution in [0.3, 0.4) is 0 Å². The Morgan fingerprint density at radius 2 is 1.33 bits per heavy atom. The van der Waals surface area contributed by atoms with Crippen molar-refractivity contribution in [3.63, 3.8) is 0 Å². The Morgan fingerprint density at radius 3 is 2.00 bits per heavy atom. The molecule has 3 aromatic rings. The SMILES string of the molecule is O=C(COc1ccc(Oc2ccccc2)cc1)N1CC[NH+](Cc2ccccc2)CC1. The van der Waals surface area contributed by atoms with E-state index in [0.717, 1.165) is 44.2 Å². The third kappa shape index (κ3) is 5.61. The van der Waals surface area contributed by atoms with Gasteiger partial charge in [0.2, 0.25) is 0 Å². The largest absolute Gasteiger partial charge is 0.484 e. The molecule has 5 heteroatoms. The lowest BCUT2D eigenvalue weighted by Gasteiger charge is -2.32. The van der Waals surface area contributed by atoms with Crippen molar-refractivity contribution in [2.75, 3.05) is 32.8 Å². The highest BCUT2D eigenvalue weighted by atomic mass is 16.5. The topological polar surface area (TPSA) is 43.2 Å². The summed E-state index contributed by atoms with van der Waals surface area (Å²) in [6.07, 6.45) is 0. The predicted octanol–water partition coefficient (Wildman–Crippen LogP) is 2.79. The highest BCUT2D eigenvalue weighted by Gasteiger charge is 2.23. The predicted molar refractivity (Wildman–Crippen MR) is 116 cm³/mol. The van der Waals surface area contributed by atoms with Crippen LogP contribution in [0.5, 0.6) is 17.2 Å². The number of hydrogen-bond acceptors (Lipinski definition) is 3. The Hall–Kier alpha value is -3.31. The first-order chi connectivity index (χ1) is 14.8. The highest BCUT2D eigenvalue weighted by Crippen LogP contribution is 2.23. The van der Waals surface area contributed by atoms with Crippen LogP contribution >= 0.6 is 0 Å². The highest BCUT2D eigenvalue weighted by molar-refractivity contribution is 5.77. The van der Waals surface area contributed by atoms with Gasteiger partial charge in [-0.15, -0.1) is 0 Å². The number of carbonyl (C=O) groups excluding carboxylic acids is 1. The van der Waals surface area contributed by atoms with E-state index in [1.54, 1.807) is 0 Å². The molecule has 1 fully saturated rings. The van der Waals surface area contributed by atoms with Crippen LogP contribution in [0.25, 0.3) is 0 Å². The van der Waals surface area contributed by atoms with E-state index in [0.29, 0.717) is 5.75 Å². The zero-order valence-corrected chi connectivity index (χ0v) is 17.0. The number of amides is 1. The molecule has 0 unspecified atom stereocenters. The van der Waals surface area contributed by atoms with Gasteiger partial charge in [-0.25, -0.2) is 0 Å². The third-order valence-corrected chi connectivity index (χ3v) is 5.29. The molecule has 0 aromatic heterocycles. The summed E-state index contributed by atoms with van der Waals surface area (Å²) in [5.41, 5.74) is 1.34. The average molecular weight is 404 g/mol. The van der Waals surface area contributed by atoms with E-state index in [9.17, 15) is 4.79 Å². The Labute approximate surface area is 177 Å². The van der Waals surface area contributed by atoms with E-state index in [2.05, 4.69) is 24.3 Å². The van der Waals surface area contributed by atoms with Crippen LogP contribution in [0.15, 0.2) is 84.9 Å². The van der Waals surface area contributed by atoms with Gasteiger partial charge >= 0.3 is 0 Å². The summed E-state index contributed by atoms with van der Waals surface area (Å²) in [5.74, 6) is 2.22. The average Bonchev–Trinajstić information content (AvgIpc) is 2.80. The fraction of sp³-hybridized carbons (Fsp3) is 0.240. The molecule has 1 amide bonds. The molecule has 0 bridgehead atoms. The zero-order chi connectivity index (χ0) is 20.6. The van der Waals surface area contributed by atoms with Crippen LogP contribution < -0.4 is 14.4 Å². The van der Waals surface area contributed by atoms with E-state index < -0.39 is 0 Å². The molecule has 1 aliphatic heterocycles. The van der Waals surface area contributed by atoms with Crippen LogP contribution in [-0.4, -0.2) is 43.6 Å². The van der Waals surface area contributed by atoms with Gasteiger partial charge in [-0.1, -0.05) is 48.5 Å². The molecule has 154 valence electrons. The van der Waals surface area contributed by atoms with E-state index in [1.807, 2.05) is 65.6 Å². The first-order valence-electron chi connectivity index (χ1n) is 10.4. The second-order valence-electron chi connectivity index (χ2n) is 7.47. The Morgan fingerprint density at radius 1 is 0.767 bits per heavy atom. The first-order valence-corrected chi connectivity index (χ1v) is 10.4. The van der Waals surface area contributed by atoms with Gasteiger partial charge in [-0.3, -0.25) is 4.79 Å². The van der Waals surface area contributed by atoms with Crippen molar-refractivity contribution in [3.05, 3.63) is 90.5 Å². The van der Waals surface area contributed by atoms with Gasteiger partial charge in [0.15, 0.2) is 6.61 Å². The molecular weight excluding hydrogens is 376 g/mol. The minimum atomic E-state index is 0.0402. The summed E-state index contributed by atoms with van der Waals surface area (Å²) in [5, 5.41) is 0. The van der Waals surface area contributed by atoms with Gasteiger partial charge in [-0.2, -0.15) is 0 Å². The van der Waals surface area contributed by atoms with Gasteiger partial charge in [-0.05, 0) is 36.4 Å². The van der Waals surface area contributed by atoms with Gasteiger partial charge in [0.1, 0.15) is 23.8 Å². The molecule has 3 aromatic carbocycles. The lowest BCUT2D eigenvalue weighted by molar-refractivity contribution is -0.917. The van der Waals surface area contributed by atoms with Crippen molar-refractivity contribution >= 4 is 5.91 Å². The summed E-state index contributed by atoms with van der Waals surface area (Å²) in [4.78, 5) is 15.9. The summed E-state index contributed by atoms with van der Waals surface area (Å²) in [7, 11) is 0. The number of ether oxygens (including phenoxy) is 2. The molecule has 1 aliphatic rings. The van der Waals surface area contributed by atoms with Crippen LogP contribution in [0.2, 0.25) is 0 Å². The molecule has 4 rings (SSSR count). The maximum atomic E-state index is 12.5. The van der Waals surface area contributed by atoms with E-state index in [4.69, 9.17) is 9.47 Å². The number of piperazine rings is 1. The first kappa shape index (κ1) is 20.0. The molecule has 0 aliphatic carbocycles. The van der Waals surface area contributed by atoms with Crippen molar-refractivity contribution in [2.24, 2.45) is 0 Å². The lowest BCUT2D eigenvalue weighted by atomic mass is 10.2. The minimum Gasteiger partial charge on any atom is -0.484 e. The molecule has 0 atom stereocenters. The maximum Gasteiger partial charge on any atom is 0.260 e. The van der Waals surface area contributed by atoms with E-state index in [-0.39, 0.29) is 12.5 Å². The lowest BCUT2D eigenvalue weighted by Crippen LogP contribution is -3.13. The van der Waals surface area contributed by atoms with Crippen molar-refractivity contribution in [3.8, 4) is 17.2 Å². The number of quaternary nitrogens is 1. The fourth-order valence-corrected chi connectivity index (χ4v) is 3.60. The van der Waals surface area contributed by atoms with Crippen molar-refractivity contribution in [1.82, 2.24) is 4.90 Å². The van der Waals surface area contributed by atoms with Gasteiger partial charge in [0.25, 0.3) is 5.91 Å². The van der Waals surface area contributed by atoms with Crippen LogP contribution in [0.1, 0.15) is 5.56 Å². The van der Waals surface area contributed by atoms with Crippen molar-refractivity contribution in [1.29, 1.82) is 0 Å². The number of carbonyl (C=O) groups is 1. The van der Waals surface area contributed by atoms with Crippen LogP contribution in [0.4, 0.5) is 0 Å². The number of para-hydroxylation sites is 1. The molecule has 1 saturated heterocycles. The molecular formula is C25H27N2O3+. The Kier molecular flexibility index (Phi) is 6.62. The molecule has 1 heterocycles. The van der Waals surface area contributed by atoms with E-state index in [1.165, 1.54) is 10.5 Å². The van der Waals surface area contributed by atoms with Crippen LogP contribution in [-0.2, 0) is 11.3 Å². The fourth-order valence-electron chi connectivity index (χ4n) is 3.60. The van der Waals surface area contributed by atoms with Gasteiger partial charge in [0, 0.05) is 5.56 Å². The van der Waals surface area contributed by atoms with Gasteiger partial charge in [0.05, 0.1) is 26.2 Å². The monoisotopic (exact) mass is 403 g/mol. The number of hydrogen-bond donors (Lipinski definition) is 1. The molecule has 0 spiro atoms. The summed E-state index contributed by atoms with van der Waals surface area (Å²) in [6.45, 7) is 4.55. The normalized spacial score (nSPS) is 14.3. The number of benzene rings is 3. The number of nitrogens with one attached hydrogen (secondary N) is 1. The summed E-state index contributed by atoms with van der Waals surface area (Å²) in [6, 6.07) is 27.5. The Bertz CT molecular complexity index is 922. The van der Waals surface area contributed by atoms with Gasteiger partial charge < -0.3 is 19.3 Å². The smallest absolute Gasteiger partial charge is 0.260 e. The molecule has 1 N–H and O–H groups in total. The number of rotatable bonds is 7. The molecule has 5 nitrogen and oxygen atoms in total. The Balaban J connectivity index is 1.20. The third-order valence-electron chi connectivity index (χ3n) is 5.29. The summed E-state index contributed by atoms with van der Waals surface area (Å²) >= 11 is 0. The molecule has 30 heavy (non-hydrogen) atoms. The summed E-state index contributed by atoms with van der Waals surface area (Å²) < 4.78 is 11.5. The molecule has 0 saturated carbocycles. The zero-order valence-electron chi connectivity index (χ0n) is 17.0. The number of nitrogens with zero attached hydrogens (tertiary/aromatic N) is 1. The van der Waals surface area contributed by atoms with E-state index >= 15 is 0 Å². The second-order valence-corrected chi connectivity index (χ2v) is 7.47. The standard InChI is InChI=1S/C25H26N2O3/c28-25(27-17-15-26(16-18-27)19-21-7-3-1-4-8-21)20-29-22-11-13-24(14-12-22)30-23-9-5-2-6-10-23/h1-14H,15-20H2/p+1.